The molecule has 0 aromatic heterocycles. The fourth-order valence-electron chi connectivity index (χ4n) is 1.66. The molecule has 0 heterocycles. The van der Waals surface area contributed by atoms with Crippen molar-refractivity contribution in [2.24, 2.45) is 0 Å². The van der Waals surface area contributed by atoms with Gasteiger partial charge in [-0.2, -0.15) is 0 Å². The van der Waals surface area contributed by atoms with Crippen molar-refractivity contribution in [2.75, 3.05) is 18.2 Å². The molecule has 0 spiro atoms. The molecule has 0 aliphatic carbocycles. The molecule has 0 atom stereocenters. The molecular formula is C14H12ClFN2O2. The van der Waals surface area contributed by atoms with Gasteiger partial charge in [-0.3, -0.25) is 4.79 Å². The number of nitrogens with one attached hydrogen (secondary N) is 1. The van der Waals surface area contributed by atoms with Gasteiger partial charge >= 0.3 is 0 Å². The number of ether oxygens (including phenoxy) is 1. The maximum absolute atomic E-state index is 13.6. The predicted molar refractivity (Wildman–Crippen MR) is 76.8 cm³/mol. The van der Waals surface area contributed by atoms with E-state index in [9.17, 15) is 9.18 Å². The number of amides is 1. The summed E-state index contributed by atoms with van der Waals surface area (Å²) in [5, 5.41) is 2.87. The van der Waals surface area contributed by atoms with E-state index < -0.39 is 11.7 Å². The van der Waals surface area contributed by atoms with Crippen molar-refractivity contribution >= 4 is 28.9 Å². The standard InChI is InChI=1S/C14H12ClFN2O2/c1-20-9-3-5-11(16)13(7-9)18-14(19)10-4-2-8(15)6-12(10)17/h2-7H,17H2,1H3,(H,18,19). The largest absolute Gasteiger partial charge is 0.497 e. The van der Waals surface area contributed by atoms with Crippen LogP contribution in [0.1, 0.15) is 10.4 Å². The lowest BCUT2D eigenvalue weighted by molar-refractivity contribution is 0.102. The zero-order valence-corrected chi connectivity index (χ0v) is 11.4. The summed E-state index contributed by atoms with van der Waals surface area (Å²) < 4.78 is 18.6. The van der Waals surface area contributed by atoms with E-state index in [0.29, 0.717) is 10.8 Å². The predicted octanol–water partition coefficient (Wildman–Crippen LogP) is 3.32. The third kappa shape index (κ3) is 3.00. The molecule has 0 aliphatic heterocycles. The Bertz CT molecular complexity index is 662. The molecule has 2 aromatic carbocycles. The number of carbonyl (C=O) groups is 1. The number of benzene rings is 2. The summed E-state index contributed by atoms with van der Waals surface area (Å²) in [6, 6.07) is 8.53. The van der Waals surface area contributed by atoms with Crippen LogP contribution >= 0.6 is 11.6 Å². The van der Waals surface area contributed by atoms with Gasteiger partial charge in [-0.05, 0) is 30.3 Å². The maximum Gasteiger partial charge on any atom is 0.257 e. The van der Waals surface area contributed by atoms with Crippen molar-refractivity contribution in [1.82, 2.24) is 0 Å². The number of carbonyl (C=O) groups excluding carboxylic acids is 1. The van der Waals surface area contributed by atoms with Crippen LogP contribution in [-0.2, 0) is 0 Å². The van der Waals surface area contributed by atoms with Crippen LogP contribution in [0.4, 0.5) is 15.8 Å². The summed E-state index contributed by atoms with van der Waals surface area (Å²) in [6.45, 7) is 0. The molecule has 2 rings (SSSR count). The summed E-state index contributed by atoms with van der Waals surface area (Å²) in [6.07, 6.45) is 0. The van der Waals surface area contributed by atoms with Gasteiger partial charge in [0.25, 0.3) is 5.91 Å². The Morgan fingerprint density at radius 2 is 2.05 bits per heavy atom. The van der Waals surface area contributed by atoms with Crippen molar-refractivity contribution < 1.29 is 13.9 Å². The normalized spacial score (nSPS) is 10.2. The van der Waals surface area contributed by atoms with Crippen LogP contribution in [0.3, 0.4) is 0 Å². The highest BCUT2D eigenvalue weighted by Gasteiger charge is 2.13. The molecule has 104 valence electrons. The Morgan fingerprint density at radius 3 is 2.70 bits per heavy atom. The average molecular weight is 295 g/mol. The van der Waals surface area contributed by atoms with Crippen LogP contribution in [0.5, 0.6) is 5.75 Å². The first-order valence-electron chi connectivity index (χ1n) is 5.71. The number of nitrogen functional groups attached to an aromatic ring is 1. The van der Waals surface area contributed by atoms with Crippen molar-refractivity contribution in [1.29, 1.82) is 0 Å². The van der Waals surface area contributed by atoms with Gasteiger partial charge in [0.15, 0.2) is 0 Å². The molecule has 0 saturated heterocycles. The van der Waals surface area contributed by atoms with Crippen molar-refractivity contribution in [3.8, 4) is 5.75 Å². The van der Waals surface area contributed by atoms with E-state index in [-0.39, 0.29) is 16.9 Å². The highest BCUT2D eigenvalue weighted by molar-refractivity contribution is 6.31. The second kappa shape index (κ2) is 5.79. The first kappa shape index (κ1) is 14.1. The SMILES string of the molecule is COc1ccc(F)c(NC(=O)c2ccc(Cl)cc2N)c1. The number of rotatable bonds is 3. The van der Waals surface area contributed by atoms with Crippen LogP contribution in [0, 0.1) is 5.82 Å². The van der Waals surface area contributed by atoms with E-state index >= 15 is 0 Å². The molecule has 1 amide bonds. The number of methoxy groups -OCH3 is 1. The van der Waals surface area contributed by atoms with Gasteiger partial charge in [-0.1, -0.05) is 11.6 Å². The summed E-state index contributed by atoms with van der Waals surface area (Å²) in [4.78, 5) is 12.1. The Morgan fingerprint density at radius 1 is 1.30 bits per heavy atom. The van der Waals surface area contributed by atoms with E-state index in [1.54, 1.807) is 0 Å². The first-order chi connectivity index (χ1) is 9.51. The Hall–Kier alpha value is -2.27. The topological polar surface area (TPSA) is 64.3 Å². The number of halogens is 2. The van der Waals surface area contributed by atoms with Gasteiger partial charge in [0.05, 0.1) is 18.4 Å². The molecule has 2 aromatic rings. The highest BCUT2D eigenvalue weighted by atomic mass is 35.5. The maximum atomic E-state index is 13.6. The second-order valence-electron chi connectivity index (χ2n) is 4.03. The van der Waals surface area contributed by atoms with Crippen LogP contribution in [0.15, 0.2) is 36.4 Å². The van der Waals surface area contributed by atoms with Crippen LogP contribution in [-0.4, -0.2) is 13.0 Å². The monoisotopic (exact) mass is 294 g/mol. The lowest BCUT2D eigenvalue weighted by atomic mass is 10.1. The van der Waals surface area contributed by atoms with Crippen LogP contribution in [0.2, 0.25) is 5.02 Å². The van der Waals surface area contributed by atoms with Gasteiger partial charge < -0.3 is 15.8 Å². The van der Waals surface area contributed by atoms with Crippen molar-refractivity contribution in [2.45, 2.75) is 0 Å². The average Bonchev–Trinajstić information content (AvgIpc) is 2.41. The summed E-state index contributed by atoms with van der Waals surface area (Å²) in [5.74, 6) is -0.649. The second-order valence-corrected chi connectivity index (χ2v) is 4.47. The third-order valence-electron chi connectivity index (χ3n) is 2.68. The lowest BCUT2D eigenvalue weighted by Crippen LogP contribution is -2.15. The number of hydrogen-bond acceptors (Lipinski definition) is 3. The van der Waals surface area contributed by atoms with Gasteiger partial charge in [0.1, 0.15) is 11.6 Å². The van der Waals surface area contributed by atoms with Crippen molar-refractivity contribution in [3.05, 3.63) is 52.8 Å². The number of anilines is 2. The zero-order chi connectivity index (χ0) is 14.7. The molecule has 0 bridgehead atoms. The minimum atomic E-state index is -0.563. The van der Waals surface area contributed by atoms with E-state index in [4.69, 9.17) is 22.1 Å². The molecule has 0 radical (unpaired) electrons. The van der Waals surface area contributed by atoms with Gasteiger partial charge in [-0.25, -0.2) is 4.39 Å². The van der Waals surface area contributed by atoms with Crippen LogP contribution in [0.25, 0.3) is 0 Å². The Kier molecular flexibility index (Phi) is 4.10. The Balaban J connectivity index is 2.27. The molecule has 20 heavy (non-hydrogen) atoms. The highest BCUT2D eigenvalue weighted by Crippen LogP contribution is 2.23. The molecular weight excluding hydrogens is 283 g/mol. The summed E-state index contributed by atoms with van der Waals surface area (Å²) in [7, 11) is 1.45. The minimum absolute atomic E-state index is 0.0173. The lowest BCUT2D eigenvalue weighted by Gasteiger charge is -2.10. The first-order valence-corrected chi connectivity index (χ1v) is 6.09. The van der Waals surface area contributed by atoms with E-state index in [1.807, 2.05) is 0 Å². The van der Waals surface area contributed by atoms with E-state index in [2.05, 4.69) is 5.32 Å². The van der Waals surface area contributed by atoms with Crippen molar-refractivity contribution in [3.63, 3.8) is 0 Å². The quantitative estimate of drug-likeness (QED) is 0.854. The molecule has 4 nitrogen and oxygen atoms in total. The smallest absolute Gasteiger partial charge is 0.257 e. The van der Waals surface area contributed by atoms with Gasteiger partial charge in [0.2, 0.25) is 0 Å². The minimum Gasteiger partial charge on any atom is -0.497 e. The van der Waals surface area contributed by atoms with E-state index in [1.165, 1.54) is 43.5 Å². The summed E-state index contributed by atoms with van der Waals surface area (Å²) in [5.41, 5.74) is 6.16. The Labute approximate surface area is 120 Å². The van der Waals surface area contributed by atoms with Gasteiger partial charge in [0, 0.05) is 16.8 Å². The zero-order valence-electron chi connectivity index (χ0n) is 10.6. The molecule has 6 heteroatoms. The van der Waals surface area contributed by atoms with Crippen LogP contribution < -0.4 is 15.8 Å². The number of nitrogens with two attached hydrogens (primary N) is 1. The molecule has 0 fully saturated rings. The fourth-order valence-corrected chi connectivity index (χ4v) is 1.84. The van der Waals surface area contributed by atoms with E-state index in [0.717, 1.165) is 0 Å². The molecule has 0 aliphatic rings. The van der Waals surface area contributed by atoms with Gasteiger partial charge in [-0.15, -0.1) is 0 Å². The fraction of sp³-hybridized carbons (Fsp3) is 0.0714. The molecule has 0 unspecified atom stereocenters. The number of hydrogen-bond donors (Lipinski definition) is 2. The third-order valence-corrected chi connectivity index (χ3v) is 2.92. The molecule has 3 N–H and O–H groups in total. The summed E-state index contributed by atoms with van der Waals surface area (Å²) >= 11 is 5.76. The molecule has 0 saturated carbocycles.